The third kappa shape index (κ3) is 5.38. The Hall–Kier alpha value is 0.0600. The lowest BCUT2D eigenvalue weighted by Crippen LogP contribution is -2.41. The van der Waals surface area contributed by atoms with Crippen LogP contribution in [0.15, 0.2) is 0 Å². The topological polar surface area (TPSA) is 46.2 Å². The molecule has 0 saturated heterocycles. The van der Waals surface area contributed by atoms with E-state index in [0.717, 1.165) is 11.8 Å². The first kappa shape index (κ1) is 13.1. The molecule has 80 valence electrons. The Balaban J connectivity index is 3.97. The molecule has 0 fully saturated rings. The van der Waals surface area contributed by atoms with Crippen molar-refractivity contribution in [2.24, 2.45) is 5.73 Å². The fourth-order valence-electron chi connectivity index (χ4n) is 0.819. The van der Waals surface area contributed by atoms with Crippen molar-refractivity contribution in [2.75, 3.05) is 12.4 Å². The quantitative estimate of drug-likeness (QED) is 0.684. The van der Waals surface area contributed by atoms with E-state index < -0.39 is 17.5 Å². The summed E-state index contributed by atoms with van der Waals surface area (Å²) in [6, 6.07) is -0.913. The number of thioether (sulfide) groups is 1. The SMILES string of the molecule is CC(N)C(SCCCO)C(F)(F)F. The summed E-state index contributed by atoms with van der Waals surface area (Å²) in [6.45, 7) is 1.25. The Morgan fingerprint density at radius 3 is 2.31 bits per heavy atom. The summed E-state index contributed by atoms with van der Waals surface area (Å²) in [5, 5.41) is 6.87. The van der Waals surface area contributed by atoms with Gasteiger partial charge in [0.15, 0.2) is 0 Å². The lowest BCUT2D eigenvalue weighted by atomic mass is 10.2. The molecule has 0 spiro atoms. The maximum atomic E-state index is 12.2. The Morgan fingerprint density at radius 2 is 2.00 bits per heavy atom. The Bertz CT molecular complexity index is 140. The van der Waals surface area contributed by atoms with Crippen molar-refractivity contribution >= 4 is 11.8 Å². The molecule has 0 rings (SSSR count). The standard InChI is InChI=1S/C7H14F3NOS/c1-5(11)6(7(8,9)10)13-4-2-3-12/h5-6,12H,2-4,11H2,1H3. The van der Waals surface area contributed by atoms with Crippen molar-refractivity contribution < 1.29 is 18.3 Å². The minimum Gasteiger partial charge on any atom is -0.396 e. The lowest BCUT2D eigenvalue weighted by Gasteiger charge is -2.22. The minimum absolute atomic E-state index is 0.0868. The summed E-state index contributed by atoms with van der Waals surface area (Å²) in [7, 11) is 0. The number of hydrogen-bond acceptors (Lipinski definition) is 3. The predicted octanol–water partition coefficient (Wildman–Crippen LogP) is 1.38. The van der Waals surface area contributed by atoms with Crippen LogP contribution >= 0.6 is 11.8 Å². The molecule has 0 aromatic carbocycles. The van der Waals surface area contributed by atoms with Crippen molar-refractivity contribution in [1.29, 1.82) is 0 Å². The van der Waals surface area contributed by atoms with E-state index in [4.69, 9.17) is 10.8 Å². The maximum absolute atomic E-state index is 12.2. The largest absolute Gasteiger partial charge is 0.402 e. The van der Waals surface area contributed by atoms with Crippen LogP contribution in [0.2, 0.25) is 0 Å². The van der Waals surface area contributed by atoms with E-state index in [-0.39, 0.29) is 12.4 Å². The van der Waals surface area contributed by atoms with Gasteiger partial charge in [0.2, 0.25) is 0 Å². The van der Waals surface area contributed by atoms with Gasteiger partial charge in [-0.3, -0.25) is 0 Å². The van der Waals surface area contributed by atoms with Gasteiger partial charge in [0.05, 0.1) is 0 Å². The molecule has 0 radical (unpaired) electrons. The Kier molecular flexibility index (Phi) is 5.75. The molecule has 2 nitrogen and oxygen atoms in total. The Morgan fingerprint density at radius 1 is 1.46 bits per heavy atom. The highest BCUT2D eigenvalue weighted by Gasteiger charge is 2.41. The molecule has 2 atom stereocenters. The zero-order chi connectivity index (χ0) is 10.5. The molecule has 2 unspecified atom stereocenters. The summed E-state index contributed by atoms with van der Waals surface area (Å²) in [5.41, 5.74) is 5.20. The number of hydrogen-bond donors (Lipinski definition) is 2. The normalized spacial score (nSPS) is 17.1. The molecule has 6 heteroatoms. The summed E-state index contributed by atoms with van der Waals surface area (Å²) in [4.78, 5) is 0. The number of nitrogens with two attached hydrogens (primary N) is 1. The second-order valence-corrected chi connectivity index (χ2v) is 4.02. The summed E-state index contributed by atoms with van der Waals surface area (Å²) < 4.78 is 36.7. The molecule has 0 aromatic rings. The van der Waals surface area contributed by atoms with Gasteiger partial charge in [-0.05, 0) is 19.1 Å². The van der Waals surface area contributed by atoms with Crippen molar-refractivity contribution in [3.63, 3.8) is 0 Å². The van der Waals surface area contributed by atoms with Gasteiger partial charge in [0.25, 0.3) is 0 Å². The highest BCUT2D eigenvalue weighted by molar-refractivity contribution is 8.00. The summed E-state index contributed by atoms with van der Waals surface area (Å²) >= 11 is 0.751. The molecule has 0 amide bonds. The van der Waals surface area contributed by atoms with Crippen LogP contribution in [0.3, 0.4) is 0 Å². The van der Waals surface area contributed by atoms with Crippen molar-refractivity contribution in [2.45, 2.75) is 30.8 Å². The minimum atomic E-state index is -4.26. The van der Waals surface area contributed by atoms with Gasteiger partial charge >= 0.3 is 6.18 Å². The van der Waals surface area contributed by atoms with Crippen LogP contribution < -0.4 is 5.73 Å². The maximum Gasteiger partial charge on any atom is 0.402 e. The fourth-order valence-corrected chi connectivity index (χ4v) is 1.86. The molecule has 0 aliphatic heterocycles. The first-order valence-electron chi connectivity index (χ1n) is 3.94. The lowest BCUT2D eigenvalue weighted by molar-refractivity contribution is -0.131. The second kappa shape index (κ2) is 5.72. The van der Waals surface area contributed by atoms with E-state index in [2.05, 4.69) is 0 Å². The van der Waals surface area contributed by atoms with Crippen LogP contribution in [-0.4, -0.2) is 34.9 Å². The van der Waals surface area contributed by atoms with Crippen molar-refractivity contribution in [3.05, 3.63) is 0 Å². The van der Waals surface area contributed by atoms with Crippen LogP contribution in [-0.2, 0) is 0 Å². The third-order valence-electron chi connectivity index (χ3n) is 1.40. The van der Waals surface area contributed by atoms with Gasteiger partial charge in [-0.2, -0.15) is 13.2 Å². The smallest absolute Gasteiger partial charge is 0.396 e. The first-order chi connectivity index (χ1) is 5.89. The van der Waals surface area contributed by atoms with Crippen LogP contribution in [0.1, 0.15) is 13.3 Å². The molecule has 0 aliphatic rings. The molecule has 13 heavy (non-hydrogen) atoms. The van der Waals surface area contributed by atoms with Crippen molar-refractivity contribution in [3.8, 4) is 0 Å². The zero-order valence-electron chi connectivity index (χ0n) is 7.34. The second-order valence-electron chi connectivity index (χ2n) is 2.77. The van der Waals surface area contributed by atoms with Crippen LogP contribution in [0.5, 0.6) is 0 Å². The van der Waals surface area contributed by atoms with Gasteiger partial charge in [-0.15, -0.1) is 11.8 Å². The molecular weight excluding hydrogens is 203 g/mol. The fraction of sp³-hybridized carbons (Fsp3) is 1.00. The number of aliphatic hydroxyl groups is 1. The molecule has 0 aliphatic carbocycles. The molecule has 3 N–H and O–H groups in total. The third-order valence-corrected chi connectivity index (χ3v) is 2.98. The number of alkyl halides is 3. The Labute approximate surface area is 79.7 Å². The van der Waals surface area contributed by atoms with Gasteiger partial charge in [0, 0.05) is 12.6 Å². The van der Waals surface area contributed by atoms with Gasteiger partial charge in [-0.25, -0.2) is 0 Å². The molecule has 0 aromatic heterocycles. The number of halogens is 3. The van der Waals surface area contributed by atoms with Gasteiger partial charge in [0.1, 0.15) is 5.25 Å². The van der Waals surface area contributed by atoms with E-state index in [1.807, 2.05) is 0 Å². The summed E-state index contributed by atoms with van der Waals surface area (Å²) in [5.74, 6) is 0.280. The number of aliphatic hydroxyl groups excluding tert-OH is 1. The molecule has 0 bridgehead atoms. The first-order valence-corrected chi connectivity index (χ1v) is 4.99. The molecular formula is C7H14F3NOS. The monoisotopic (exact) mass is 217 g/mol. The van der Waals surface area contributed by atoms with Crippen LogP contribution in [0.4, 0.5) is 13.2 Å². The van der Waals surface area contributed by atoms with Crippen LogP contribution in [0, 0.1) is 0 Å². The van der Waals surface area contributed by atoms with Gasteiger partial charge in [-0.1, -0.05) is 0 Å². The summed E-state index contributed by atoms with van der Waals surface area (Å²) in [6.07, 6.45) is -3.89. The average Bonchev–Trinajstić information content (AvgIpc) is 1.94. The highest BCUT2D eigenvalue weighted by Crippen LogP contribution is 2.32. The average molecular weight is 217 g/mol. The van der Waals surface area contributed by atoms with Crippen LogP contribution in [0.25, 0.3) is 0 Å². The van der Waals surface area contributed by atoms with Gasteiger partial charge < -0.3 is 10.8 Å². The zero-order valence-corrected chi connectivity index (χ0v) is 8.16. The van der Waals surface area contributed by atoms with E-state index in [1.165, 1.54) is 6.92 Å². The number of rotatable bonds is 5. The highest BCUT2D eigenvalue weighted by atomic mass is 32.2. The van der Waals surface area contributed by atoms with Crippen molar-refractivity contribution in [1.82, 2.24) is 0 Å². The molecule has 0 saturated carbocycles. The van der Waals surface area contributed by atoms with E-state index >= 15 is 0 Å². The van der Waals surface area contributed by atoms with E-state index in [9.17, 15) is 13.2 Å². The molecule has 0 heterocycles. The van der Waals surface area contributed by atoms with E-state index in [1.54, 1.807) is 0 Å². The van der Waals surface area contributed by atoms with E-state index in [0.29, 0.717) is 6.42 Å². The predicted molar refractivity (Wildman–Crippen MR) is 47.7 cm³/mol.